The number of halogens is 1. The van der Waals surface area contributed by atoms with Gasteiger partial charge in [-0.1, -0.05) is 42.9 Å². The Morgan fingerprint density at radius 3 is 2.29 bits per heavy atom. The highest BCUT2D eigenvalue weighted by Gasteiger charge is 2.15. The van der Waals surface area contributed by atoms with Gasteiger partial charge in [-0.3, -0.25) is 0 Å². The van der Waals surface area contributed by atoms with Gasteiger partial charge in [0.15, 0.2) is 0 Å². The second kappa shape index (κ2) is 9.03. The monoisotopic (exact) mass is 297 g/mol. The zero-order chi connectivity index (χ0) is 13.3. The number of hydrogen-bond donors (Lipinski definition) is 1. The number of piperazine rings is 1. The fourth-order valence-corrected chi connectivity index (χ4v) is 1.70. The van der Waals surface area contributed by atoms with E-state index in [1.54, 1.807) is 0 Å². The number of nitriles is 1. The smallest absolute Gasteiger partial charge is 0.101 e. The summed E-state index contributed by atoms with van der Waals surface area (Å²) < 4.78 is 0.757. The quantitative estimate of drug-likeness (QED) is 0.643. The van der Waals surface area contributed by atoms with E-state index < -0.39 is 0 Å². The van der Waals surface area contributed by atoms with Gasteiger partial charge in [-0.15, -0.1) is 0 Å². The van der Waals surface area contributed by atoms with Crippen molar-refractivity contribution in [3.8, 4) is 6.07 Å². The van der Waals surface area contributed by atoms with Gasteiger partial charge in [0.05, 0.1) is 11.3 Å². The second-order valence-electron chi connectivity index (χ2n) is 3.30. The third-order valence-corrected chi connectivity index (χ3v) is 2.42. The van der Waals surface area contributed by atoms with Crippen molar-refractivity contribution in [1.82, 2.24) is 10.2 Å². The van der Waals surface area contributed by atoms with Crippen LogP contribution in [0.15, 0.2) is 35.0 Å². The number of rotatable bonds is 3. The molecule has 94 valence electrons. The molecule has 1 aliphatic rings. The van der Waals surface area contributed by atoms with E-state index >= 15 is 0 Å². The Bertz CT molecular complexity index is 333. The molecule has 0 aromatic carbocycles. The molecule has 1 saturated heterocycles. The Morgan fingerprint density at radius 2 is 1.88 bits per heavy atom. The number of allylic oxidation sites excluding steroid dienone is 3. The summed E-state index contributed by atoms with van der Waals surface area (Å²) >= 11 is 3.28. The first-order valence-corrected chi connectivity index (χ1v) is 6.55. The van der Waals surface area contributed by atoms with E-state index in [4.69, 9.17) is 5.26 Å². The van der Waals surface area contributed by atoms with Crippen molar-refractivity contribution >= 4 is 15.9 Å². The Kier molecular flexibility index (Phi) is 8.47. The van der Waals surface area contributed by atoms with E-state index in [0.29, 0.717) is 5.57 Å². The summed E-state index contributed by atoms with van der Waals surface area (Å²) in [4.78, 5) is 2.15. The predicted molar refractivity (Wildman–Crippen MR) is 76.7 cm³/mol. The second-order valence-corrected chi connectivity index (χ2v) is 4.32. The molecule has 0 aliphatic carbocycles. The minimum atomic E-state index is 0.484. The molecule has 1 heterocycles. The zero-order valence-corrected chi connectivity index (χ0v) is 12.2. The molecule has 1 rings (SSSR count). The molecule has 0 aromatic heterocycles. The molecule has 0 saturated carbocycles. The molecule has 1 fully saturated rings. The first-order chi connectivity index (χ1) is 8.15. The lowest BCUT2D eigenvalue weighted by Crippen LogP contribution is -2.43. The van der Waals surface area contributed by atoms with E-state index in [0.717, 1.165) is 36.4 Å². The molecular weight excluding hydrogens is 278 g/mol. The molecule has 1 aliphatic heterocycles. The van der Waals surface area contributed by atoms with E-state index in [-0.39, 0.29) is 0 Å². The Hall–Kier alpha value is -1.05. The van der Waals surface area contributed by atoms with Crippen molar-refractivity contribution in [2.75, 3.05) is 26.2 Å². The van der Waals surface area contributed by atoms with Crippen molar-refractivity contribution in [3.05, 3.63) is 35.0 Å². The van der Waals surface area contributed by atoms with Crippen LogP contribution in [0, 0.1) is 11.3 Å². The number of hydrogen-bond acceptors (Lipinski definition) is 3. The van der Waals surface area contributed by atoms with Crippen molar-refractivity contribution in [2.45, 2.75) is 13.8 Å². The maximum absolute atomic E-state index is 8.87. The van der Waals surface area contributed by atoms with Crippen LogP contribution in [0.5, 0.6) is 0 Å². The lowest BCUT2D eigenvalue weighted by atomic mass is 10.2. The van der Waals surface area contributed by atoms with Crippen molar-refractivity contribution in [1.29, 1.82) is 5.26 Å². The zero-order valence-electron chi connectivity index (χ0n) is 10.6. The Morgan fingerprint density at radius 1 is 1.35 bits per heavy atom. The first-order valence-electron chi connectivity index (χ1n) is 5.76. The summed E-state index contributed by atoms with van der Waals surface area (Å²) in [6, 6.07) is 2.08. The van der Waals surface area contributed by atoms with Crippen molar-refractivity contribution in [2.24, 2.45) is 0 Å². The minimum Gasteiger partial charge on any atom is -0.368 e. The van der Waals surface area contributed by atoms with Gasteiger partial charge in [0.2, 0.25) is 0 Å². The molecule has 0 spiro atoms. The Balaban J connectivity index is 0.00000121. The average Bonchev–Trinajstić information content (AvgIpc) is 2.38. The van der Waals surface area contributed by atoms with Crippen LogP contribution in [0.2, 0.25) is 0 Å². The van der Waals surface area contributed by atoms with Crippen LogP contribution in [0.1, 0.15) is 13.8 Å². The molecular formula is C13H20BrN3. The molecule has 0 atom stereocenters. The third-order valence-electron chi connectivity index (χ3n) is 2.20. The average molecular weight is 298 g/mol. The van der Waals surface area contributed by atoms with Crippen LogP contribution in [-0.4, -0.2) is 31.1 Å². The van der Waals surface area contributed by atoms with Gasteiger partial charge in [0.25, 0.3) is 0 Å². The molecule has 0 amide bonds. The summed E-state index contributed by atoms with van der Waals surface area (Å²) in [5, 5.41) is 12.1. The molecule has 0 radical (unpaired) electrons. The fourth-order valence-electron chi connectivity index (χ4n) is 1.48. The highest BCUT2D eigenvalue weighted by molar-refractivity contribution is 9.11. The summed E-state index contributed by atoms with van der Waals surface area (Å²) in [7, 11) is 0. The lowest BCUT2D eigenvalue weighted by molar-refractivity contribution is 0.305. The normalized spacial score (nSPS) is 15.4. The van der Waals surface area contributed by atoms with Crippen molar-refractivity contribution < 1.29 is 0 Å². The van der Waals surface area contributed by atoms with Crippen LogP contribution in [0.3, 0.4) is 0 Å². The van der Waals surface area contributed by atoms with E-state index in [1.165, 1.54) is 0 Å². The standard InChI is InChI=1S/C11H14BrN3.C2H6/c1-9(8-13)11(7-10(2)12)15-5-3-14-4-6-15;1-2/h7,14H,1-6H2;1-2H3/b11-7+;. The van der Waals surface area contributed by atoms with Crippen molar-refractivity contribution in [3.63, 3.8) is 0 Å². The molecule has 0 unspecified atom stereocenters. The predicted octanol–water partition coefficient (Wildman–Crippen LogP) is 2.79. The minimum absolute atomic E-state index is 0.484. The topological polar surface area (TPSA) is 39.1 Å². The van der Waals surface area contributed by atoms with Gasteiger partial charge in [-0.25, -0.2) is 0 Å². The van der Waals surface area contributed by atoms with Crippen LogP contribution >= 0.6 is 15.9 Å². The van der Waals surface area contributed by atoms with E-state index in [9.17, 15) is 0 Å². The van der Waals surface area contributed by atoms with Gasteiger partial charge in [0.1, 0.15) is 6.07 Å². The SMILES string of the molecule is C=C(Br)/C=C(\C(=C)C#N)N1CCNCC1.CC. The van der Waals surface area contributed by atoms with Gasteiger partial charge in [0, 0.05) is 30.7 Å². The third kappa shape index (κ3) is 5.71. The Labute approximate surface area is 113 Å². The maximum Gasteiger partial charge on any atom is 0.101 e. The maximum atomic E-state index is 8.87. The largest absolute Gasteiger partial charge is 0.368 e. The summed E-state index contributed by atoms with van der Waals surface area (Å²) in [5.41, 5.74) is 1.35. The van der Waals surface area contributed by atoms with E-state index in [1.807, 2.05) is 19.9 Å². The molecule has 3 nitrogen and oxygen atoms in total. The molecule has 1 N–H and O–H groups in total. The highest BCUT2D eigenvalue weighted by atomic mass is 79.9. The highest BCUT2D eigenvalue weighted by Crippen LogP contribution is 2.18. The molecule has 0 aromatic rings. The van der Waals surface area contributed by atoms with Gasteiger partial charge >= 0.3 is 0 Å². The van der Waals surface area contributed by atoms with Gasteiger partial charge in [-0.05, 0) is 6.08 Å². The number of nitrogens with zero attached hydrogens (tertiary/aromatic N) is 2. The van der Waals surface area contributed by atoms with Gasteiger partial charge in [-0.2, -0.15) is 5.26 Å². The summed E-state index contributed by atoms with van der Waals surface area (Å²) in [6.45, 7) is 15.2. The molecule has 0 bridgehead atoms. The summed E-state index contributed by atoms with van der Waals surface area (Å²) in [5.74, 6) is 0. The van der Waals surface area contributed by atoms with E-state index in [2.05, 4.69) is 45.4 Å². The fraction of sp³-hybridized carbons (Fsp3) is 0.462. The summed E-state index contributed by atoms with van der Waals surface area (Å²) in [6.07, 6.45) is 1.84. The molecule has 17 heavy (non-hydrogen) atoms. The van der Waals surface area contributed by atoms with Crippen LogP contribution in [0.25, 0.3) is 0 Å². The lowest BCUT2D eigenvalue weighted by Gasteiger charge is -2.31. The molecule has 4 heteroatoms. The van der Waals surface area contributed by atoms with Gasteiger partial charge < -0.3 is 10.2 Å². The van der Waals surface area contributed by atoms with Crippen LogP contribution < -0.4 is 5.32 Å². The van der Waals surface area contributed by atoms with Crippen LogP contribution in [-0.2, 0) is 0 Å². The van der Waals surface area contributed by atoms with Crippen LogP contribution in [0.4, 0.5) is 0 Å². The first kappa shape index (κ1) is 16.0. The number of nitrogens with one attached hydrogen (secondary N) is 1.